The summed E-state index contributed by atoms with van der Waals surface area (Å²) in [7, 11) is -2.17. The van der Waals surface area contributed by atoms with Crippen LogP contribution in [-0.4, -0.2) is 144 Å². The molecule has 0 aromatic carbocycles. The molecule has 174 valence electrons. The number of rotatable bonds is 9. The Kier molecular flexibility index (Phi) is 24.7. The van der Waals surface area contributed by atoms with E-state index in [9.17, 15) is 0 Å². The summed E-state index contributed by atoms with van der Waals surface area (Å²) >= 11 is 0. The van der Waals surface area contributed by atoms with Crippen LogP contribution in [0.1, 0.15) is 0 Å². The SMILES string of the molecule is NC(CO)(CO)CO.NC(CO)(CO)CO.NC(CO)(CO)CO.OB(O)O. The van der Waals surface area contributed by atoms with Crippen molar-refractivity contribution in [3.05, 3.63) is 0 Å². The highest BCUT2D eigenvalue weighted by molar-refractivity contribution is 6.30. The van der Waals surface area contributed by atoms with Gasteiger partial charge in [-0.3, -0.25) is 0 Å². The summed E-state index contributed by atoms with van der Waals surface area (Å²) < 4.78 is 0. The van der Waals surface area contributed by atoms with E-state index in [0.29, 0.717) is 0 Å². The van der Waals surface area contributed by atoms with Crippen LogP contribution in [0.3, 0.4) is 0 Å². The van der Waals surface area contributed by atoms with Crippen molar-refractivity contribution in [2.75, 3.05) is 59.5 Å². The van der Waals surface area contributed by atoms with Gasteiger partial charge in [0.25, 0.3) is 0 Å². The maximum absolute atomic E-state index is 8.34. The lowest BCUT2D eigenvalue weighted by Gasteiger charge is -2.20. The van der Waals surface area contributed by atoms with Crippen LogP contribution in [0.5, 0.6) is 0 Å². The van der Waals surface area contributed by atoms with Crippen LogP contribution in [0.25, 0.3) is 0 Å². The zero-order chi connectivity index (χ0) is 23.4. The summed E-state index contributed by atoms with van der Waals surface area (Å²) in [6.45, 7) is -3.62. The number of hydrogen-bond acceptors (Lipinski definition) is 15. The molecule has 0 unspecified atom stereocenters. The Morgan fingerprint density at radius 1 is 0.393 bits per heavy atom. The highest BCUT2D eigenvalue weighted by Crippen LogP contribution is 1.94. The first-order chi connectivity index (χ1) is 12.8. The van der Waals surface area contributed by atoms with Gasteiger partial charge in [-0.2, -0.15) is 0 Å². The van der Waals surface area contributed by atoms with E-state index >= 15 is 0 Å². The molecule has 0 atom stereocenters. The van der Waals surface area contributed by atoms with Crippen molar-refractivity contribution in [3.8, 4) is 0 Å². The zero-order valence-corrected chi connectivity index (χ0v) is 15.5. The average Bonchev–Trinajstić information content (AvgIpc) is 2.72. The molecule has 0 spiro atoms. The number of aliphatic hydroxyl groups excluding tert-OH is 9. The maximum Gasteiger partial charge on any atom is 0.631 e. The highest BCUT2D eigenvalue weighted by atomic mass is 16.5. The molecule has 0 bridgehead atoms. The Balaban J connectivity index is -0.000000141. The Hall–Kier alpha value is -0.535. The third kappa shape index (κ3) is 21.8. The number of nitrogens with two attached hydrogens (primary N) is 3. The minimum atomic E-state index is -2.17. The third-order valence-corrected chi connectivity index (χ3v) is 2.83. The molecular weight excluding hydrogens is 389 g/mol. The van der Waals surface area contributed by atoms with E-state index in [0.717, 1.165) is 0 Å². The maximum atomic E-state index is 8.34. The Bertz CT molecular complexity index is 248. The molecule has 18 N–H and O–H groups in total. The molecule has 15 nitrogen and oxygen atoms in total. The van der Waals surface area contributed by atoms with Gasteiger partial charge in [0.1, 0.15) is 0 Å². The van der Waals surface area contributed by atoms with Gasteiger partial charge >= 0.3 is 7.32 Å². The number of aliphatic hydroxyl groups is 9. The summed E-state index contributed by atoms with van der Waals surface area (Å²) in [5, 5.41) is 96.6. The first-order valence-corrected chi connectivity index (χ1v) is 7.67. The smallest absolute Gasteiger partial charge is 0.402 e. The van der Waals surface area contributed by atoms with Gasteiger partial charge in [-0.15, -0.1) is 0 Å². The highest BCUT2D eigenvalue weighted by Gasteiger charge is 2.21. The molecule has 0 amide bonds. The molecule has 0 fully saturated rings. The van der Waals surface area contributed by atoms with Crippen LogP contribution in [0.4, 0.5) is 0 Å². The van der Waals surface area contributed by atoms with Crippen molar-refractivity contribution in [3.63, 3.8) is 0 Å². The molecule has 0 rings (SSSR count). The second kappa shape index (κ2) is 19.8. The van der Waals surface area contributed by atoms with Gasteiger partial charge in [0, 0.05) is 0 Å². The molecule has 0 aromatic heterocycles. The van der Waals surface area contributed by atoms with E-state index in [4.69, 9.17) is 78.2 Å². The fraction of sp³-hybridized carbons (Fsp3) is 1.00. The molecule has 0 aliphatic carbocycles. The van der Waals surface area contributed by atoms with Gasteiger partial charge in [0.15, 0.2) is 0 Å². The lowest BCUT2D eigenvalue weighted by molar-refractivity contribution is 0.0695. The van der Waals surface area contributed by atoms with E-state index in [1.54, 1.807) is 0 Å². The number of hydrogen-bond donors (Lipinski definition) is 15. The molecule has 0 aliphatic rings. The van der Waals surface area contributed by atoms with Crippen molar-refractivity contribution in [2.45, 2.75) is 16.6 Å². The summed E-state index contributed by atoms with van der Waals surface area (Å²) in [6, 6.07) is 0. The average molecular weight is 425 g/mol. The summed E-state index contributed by atoms with van der Waals surface area (Å²) in [4.78, 5) is 0. The fourth-order valence-electron chi connectivity index (χ4n) is 0.450. The Labute approximate surface area is 162 Å². The van der Waals surface area contributed by atoms with Gasteiger partial charge in [-0.25, -0.2) is 0 Å². The largest absolute Gasteiger partial charge is 0.631 e. The van der Waals surface area contributed by atoms with Gasteiger partial charge in [0.2, 0.25) is 0 Å². The van der Waals surface area contributed by atoms with Crippen molar-refractivity contribution in [2.24, 2.45) is 17.2 Å². The molecule has 0 aromatic rings. The first-order valence-electron chi connectivity index (χ1n) is 7.67. The third-order valence-electron chi connectivity index (χ3n) is 2.83. The van der Waals surface area contributed by atoms with E-state index in [1.807, 2.05) is 0 Å². The van der Waals surface area contributed by atoms with Crippen LogP contribution in [0.15, 0.2) is 0 Å². The molecule has 28 heavy (non-hydrogen) atoms. The predicted octanol–water partition coefficient (Wildman–Crippen LogP) is -9.07. The summed E-state index contributed by atoms with van der Waals surface area (Å²) in [5.74, 6) is 0. The molecule has 16 heteroatoms. The van der Waals surface area contributed by atoms with Crippen molar-refractivity contribution in [1.29, 1.82) is 0 Å². The monoisotopic (exact) mass is 425 g/mol. The Morgan fingerprint density at radius 2 is 0.464 bits per heavy atom. The second-order valence-corrected chi connectivity index (χ2v) is 5.86. The second-order valence-electron chi connectivity index (χ2n) is 5.86. The van der Waals surface area contributed by atoms with Crippen LogP contribution >= 0.6 is 0 Å². The van der Waals surface area contributed by atoms with E-state index in [-0.39, 0.29) is 0 Å². The van der Waals surface area contributed by atoms with Crippen LogP contribution in [-0.2, 0) is 0 Å². The van der Waals surface area contributed by atoms with Crippen molar-refractivity contribution >= 4 is 7.32 Å². The first kappa shape index (κ1) is 34.9. The molecule has 0 saturated heterocycles. The molecule has 0 radical (unpaired) electrons. The van der Waals surface area contributed by atoms with E-state index < -0.39 is 83.4 Å². The normalized spacial score (nSPS) is 11.2. The fourth-order valence-corrected chi connectivity index (χ4v) is 0.450. The Morgan fingerprint density at radius 3 is 0.464 bits per heavy atom. The van der Waals surface area contributed by atoms with Gasteiger partial charge in [-0.05, 0) is 0 Å². The molecule has 0 heterocycles. The van der Waals surface area contributed by atoms with E-state index in [1.165, 1.54) is 0 Å². The standard InChI is InChI=1S/3C4H11NO3.BH3O3/c3*5-4(1-6,2-7)3-8;2-1(3)4/h3*6-8H,1-3,5H2;2-4H. The molecule has 0 aliphatic heterocycles. The van der Waals surface area contributed by atoms with Gasteiger partial charge < -0.3 is 78.2 Å². The molecular formula is C12H36BN3O12. The lowest BCUT2D eigenvalue weighted by Crippen LogP contribution is -2.50. The van der Waals surface area contributed by atoms with E-state index in [2.05, 4.69) is 0 Å². The summed E-state index contributed by atoms with van der Waals surface area (Å²) in [5.41, 5.74) is 11.8. The van der Waals surface area contributed by atoms with Gasteiger partial charge in [-0.1, -0.05) is 0 Å². The van der Waals surface area contributed by atoms with Crippen LogP contribution in [0, 0.1) is 0 Å². The lowest BCUT2D eigenvalue weighted by atomic mass is 10.1. The summed E-state index contributed by atoms with van der Waals surface area (Å²) in [6.07, 6.45) is 0. The van der Waals surface area contributed by atoms with Gasteiger partial charge in [0.05, 0.1) is 76.1 Å². The quantitative estimate of drug-likeness (QED) is 0.152. The predicted molar refractivity (Wildman–Crippen MR) is 96.9 cm³/mol. The minimum Gasteiger partial charge on any atom is -0.402 e. The minimum absolute atomic E-state index is 0.403. The zero-order valence-electron chi connectivity index (χ0n) is 15.5. The van der Waals surface area contributed by atoms with Crippen molar-refractivity contribution in [1.82, 2.24) is 0 Å². The van der Waals surface area contributed by atoms with Crippen LogP contribution < -0.4 is 17.2 Å². The molecule has 0 saturated carbocycles. The topological polar surface area (TPSA) is 321 Å². The van der Waals surface area contributed by atoms with Crippen molar-refractivity contribution < 1.29 is 61.0 Å². The van der Waals surface area contributed by atoms with Crippen LogP contribution in [0.2, 0.25) is 0 Å².